The lowest BCUT2D eigenvalue weighted by atomic mass is 10.2. The molecule has 4 unspecified atom stereocenters. The third-order valence-electron chi connectivity index (χ3n) is 10.1. The number of morpholine rings is 1. The Morgan fingerprint density at radius 3 is 1.89 bits per heavy atom. The van der Waals surface area contributed by atoms with Crippen LogP contribution in [0, 0.1) is 0 Å². The second-order valence-corrected chi connectivity index (χ2v) is 13.6. The van der Waals surface area contributed by atoms with E-state index in [1.807, 2.05) is 36.4 Å². The van der Waals surface area contributed by atoms with Gasteiger partial charge in [0, 0.05) is 80.0 Å². The number of carbonyl (C=O) groups excluding carboxylic acids is 1. The van der Waals surface area contributed by atoms with Crippen LogP contribution < -0.4 is 25.3 Å². The summed E-state index contributed by atoms with van der Waals surface area (Å²) < 4.78 is 6.08. The van der Waals surface area contributed by atoms with Crippen molar-refractivity contribution in [2.75, 3.05) is 64.6 Å². The van der Waals surface area contributed by atoms with Crippen molar-refractivity contribution in [2.24, 2.45) is 0 Å². The monoisotopic (exact) mass is 625 g/mol. The highest BCUT2D eigenvalue weighted by atomic mass is 16.5. The standard InChI is InChI=1S/C35H47N9O2/c1-23(2)41-17-19-42(20-18-41)29-13-11-28(12-14-29)37-35(45)36-27-9-7-26(8-10-27)32-38-33(43-21-30-15-16-31(22-43)46-30)40-34(39-32)44-24(3)5-6-25(44)4/h7-14,23-25,30-31H,5-6,15-22H2,1-4H3,(H2,36,37,45). The molecule has 0 aliphatic carbocycles. The van der Waals surface area contributed by atoms with Gasteiger partial charge in [-0.05, 0) is 102 Å². The molecule has 5 heterocycles. The molecule has 3 aromatic rings. The Morgan fingerprint density at radius 1 is 0.739 bits per heavy atom. The summed E-state index contributed by atoms with van der Waals surface area (Å²) in [7, 11) is 0. The predicted octanol–water partition coefficient (Wildman–Crippen LogP) is 5.46. The number of ether oxygens (including phenoxy) is 1. The van der Waals surface area contributed by atoms with Gasteiger partial charge in [-0.3, -0.25) is 4.90 Å². The first-order valence-electron chi connectivity index (χ1n) is 17.0. The molecule has 46 heavy (non-hydrogen) atoms. The molecule has 4 aliphatic rings. The lowest BCUT2D eigenvalue weighted by Crippen LogP contribution is -2.48. The van der Waals surface area contributed by atoms with Crippen molar-refractivity contribution in [1.82, 2.24) is 19.9 Å². The molecule has 11 nitrogen and oxygen atoms in total. The number of nitrogens with one attached hydrogen (secondary N) is 2. The van der Waals surface area contributed by atoms with Gasteiger partial charge in [-0.1, -0.05) is 0 Å². The van der Waals surface area contributed by atoms with Crippen LogP contribution in [0.3, 0.4) is 0 Å². The zero-order valence-electron chi connectivity index (χ0n) is 27.5. The number of benzene rings is 2. The lowest BCUT2D eigenvalue weighted by molar-refractivity contribution is 0.0299. The van der Waals surface area contributed by atoms with Crippen LogP contribution in [0.1, 0.15) is 53.4 Å². The van der Waals surface area contributed by atoms with E-state index in [9.17, 15) is 4.79 Å². The van der Waals surface area contributed by atoms with E-state index in [4.69, 9.17) is 19.7 Å². The fourth-order valence-electron chi connectivity index (χ4n) is 7.36. The SMILES string of the molecule is CC(C)N1CCN(c2ccc(NC(=O)Nc3ccc(-c4nc(N5CC6CCC(C5)O6)nc(N5C(C)CCC5C)n4)cc3)cc2)CC1. The van der Waals surface area contributed by atoms with Crippen LogP contribution in [0.4, 0.5) is 33.8 Å². The van der Waals surface area contributed by atoms with Crippen LogP contribution in [0.2, 0.25) is 0 Å². The maximum atomic E-state index is 12.9. The first-order valence-corrected chi connectivity index (χ1v) is 17.0. The van der Waals surface area contributed by atoms with Crippen LogP contribution in [-0.4, -0.2) is 95.5 Å². The number of fused-ring (bicyclic) bond motifs is 2. The number of carbonyl (C=O) groups is 1. The van der Waals surface area contributed by atoms with Crippen molar-refractivity contribution in [3.63, 3.8) is 0 Å². The average Bonchev–Trinajstić information content (AvgIpc) is 3.59. The van der Waals surface area contributed by atoms with E-state index in [2.05, 4.69) is 70.1 Å². The largest absolute Gasteiger partial charge is 0.371 e. The minimum atomic E-state index is -0.283. The minimum Gasteiger partial charge on any atom is -0.371 e. The molecule has 2 N–H and O–H groups in total. The number of hydrogen-bond acceptors (Lipinski definition) is 9. The van der Waals surface area contributed by atoms with Gasteiger partial charge in [0.05, 0.1) is 12.2 Å². The van der Waals surface area contributed by atoms with E-state index in [1.54, 1.807) is 0 Å². The number of rotatable bonds is 7. The zero-order valence-corrected chi connectivity index (χ0v) is 27.5. The van der Waals surface area contributed by atoms with E-state index in [0.717, 1.165) is 88.1 Å². The Hall–Kier alpha value is -3.96. The summed E-state index contributed by atoms with van der Waals surface area (Å²) in [5, 5.41) is 5.92. The number of piperazine rings is 1. The molecule has 0 spiro atoms. The molecule has 11 heteroatoms. The first-order chi connectivity index (χ1) is 22.3. The van der Waals surface area contributed by atoms with Crippen molar-refractivity contribution in [2.45, 2.75) is 83.7 Å². The quantitative estimate of drug-likeness (QED) is 0.355. The van der Waals surface area contributed by atoms with Crippen molar-refractivity contribution in [1.29, 1.82) is 0 Å². The predicted molar refractivity (Wildman–Crippen MR) is 184 cm³/mol. The lowest BCUT2D eigenvalue weighted by Gasteiger charge is -2.38. The molecular formula is C35H47N9O2. The highest BCUT2D eigenvalue weighted by Crippen LogP contribution is 2.33. The Balaban J connectivity index is 1.02. The molecule has 7 rings (SSSR count). The van der Waals surface area contributed by atoms with Gasteiger partial charge in [0.1, 0.15) is 0 Å². The first kappa shape index (κ1) is 30.7. The number of urea groups is 1. The summed E-state index contributed by atoms with van der Waals surface area (Å²) in [6, 6.07) is 16.9. The molecule has 0 saturated carbocycles. The highest BCUT2D eigenvalue weighted by molar-refractivity contribution is 5.99. The van der Waals surface area contributed by atoms with E-state index in [0.29, 0.717) is 29.6 Å². The van der Waals surface area contributed by atoms with Crippen LogP contribution in [0.25, 0.3) is 11.4 Å². The third-order valence-corrected chi connectivity index (χ3v) is 10.1. The summed E-state index contributed by atoms with van der Waals surface area (Å²) in [4.78, 5) is 37.3. The smallest absolute Gasteiger partial charge is 0.323 e. The van der Waals surface area contributed by atoms with Gasteiger partial charge in [0.25, 0.3) is 0 Å². The van der Waals surface area contributed by atoms with Gasteiger partial charge >= 0.3 is 6.03 Å². The number of amides is 2. The van der Waals surface area contributed by atoms with Gasteiger partial charge in [-0.2, -0.15) is 15.0 Å². The fourth-order valence-corrected chi connectivity index (χ4v) is 7.36. The number of nitrogens with zero attached hydrogens (tertiary/aromatic N) is 7. The molecule has 4 aliphatic heterocycles. The second kappa shape index (κ2) is 13.0. The van der Waals surface area contributed by atoms with E-state index >= 15 is 0 Å². The van der Waals surface area contributed by atoms with Crippen LogP contribution in [0.15, 0.2) is 48.5 Å². The maximum absolute atomic E-state index is 12.9. The van der Waals surface area contributed by atoms with Gasteiger partial charge < -0.3 is 30.1 Å². The molecule has 1 aromatic heterocycles. The third kappa shape index (κ3) is 6.62. The van der Waals surface area contributed by atoms with Crippen LogP contribution in [-0.2, 0) is 4.74 Å². The number of hydrogen-bond donors (Lipinski definition) is 2. The summed E-state index contributed by atoms with van der Waals surface area (Å²) in [6.45, 7) is 14.8. The molecule has 4 saturated heterocycles. The maximum Gasteiger partial charge on any atom is 0.323 e. The van der Waals surface area contributed by atoms with Crippen molar-refractivity contribution in [3.05, 3.63) is 48.5 Å². The molecule has 0 radical (unpaired) electrons. The van der Waals surface area contributed by atoms with Gasteiger partial charge in [0.2, 0.25) is 11.9 Å². The second-order valence-electron chi connectivity index (χ2n) is 13.6. The Kier molecular flexibility index (Phi) is 8.70. The molecule has 4 fully saturated rings. The summed E-state index contributed by atoms with van der Waals surface area (Å²) in [5.74, 6) is 2.10. The number of aromatic nitrogens is 3. The van der Waals surface area contributed by atoms with Gasteiger partial charge in [-0.25, -0.2) is 4.79 Å². The summed E-state index contributed by atoms with van der Waals surface area (Å²) >= 11 is 0. The van der Waals surface area contributed by atoms with Crippen molar-refractivity contribution in [3.8, 4) is 11.4 Å². The van der Waals surface area contributed by atoms with E-state index in [-0.39, 0.29) is 18.2 Å². The van der Waals surface area contributed by atoms with Crippen molar-refractivity contribution >= 4 is 35.0 Å². The van der Waals surface area contributed by atoms with Gasteiger partial charge in [0.15, 0.2) is 5.82 Å². The fraction of sp³-hybridized carbons (Fsp3) is 0.543. The van der Waals surface area contributed by atoms with Gasteiger partial charge in [-0.15, -0.1) is 0 Å². The van der Waals surface area contributed by atoms with Crippen LogP contribution >= 0.6 is 0 Å². The number of anilines is 5. The van der Waals surface area contributed by atoms with E-state index in [1.165, 1.54) is 5.69 Å². The molecule has 2 amide bonds. The summed E-state index contributed by atoms with van der Waals surface area (Å²) in [6.07, 6.45) is 4.92. The van der Waals surface area contributed by atoms with Crippen LogP contribution in [0.5, 0.6) is 0 Å². The van der Waals surface area contributed by atoms with Crippen molar-refractivity contribution < 1.29 is 9.53 Å². The normalized spacial score (nSPS) is 24.9. The molecular weight excluding hydrogens is 578 g/mol. The molecule has 2 bridgehead atoms. The molecule has 244 valence electrons. The highest BCUT2D eigenvalue weighted by Gasteiger charge is 2.36. The average molecular weight is 626 g/mol. The Bertz CT molecular complexity index is 1490. The topological polar surface area (TPSA) is 102 Å². The zero-order chi connectivity index (χ0) is 31.8. The Morgan fingerprint density at radius 2 is 1.30 bits per heavy atom. The summed E-state index contributed by atoms with van der Waals surface area (Å²) in [5.41, 5.74) is 3.52. The van der Waals surface area contributed by atoms with E-state index < -0.39 is 0 Å². The molecule has 2 aromatic carbocycles. The molecule has 4 atom stereocenters. The minimum absolute atomic E-state index is 0.243. The Labute approximate surface area is 272 Å².